The molecule has 0 saturated carbocycles. The second-order valence-corrected chi connectivity index (χ2v) is 9.19. The number of hydrogen-bond acceptors (Lipinski definition) is 2. The molecule has 3 aromatic rings. The number of benzene rings is 3. The van der Waals surface area contributed by atoms with E-state index < -0.39 is 0 Å². The van der Waals surface area contributed by atoms with Gasteiger partial charge >= 0.3 is 0 Å². The molecule has 2 aliphatic rings. The monoisotopic (exact) mass is 421 g/mol. The lowest BCUT2D eigenvalue weighted by atomic mass is 9.80. The van der Waals surface area contributed by atoms with Gasteiger partial charge in [0.15, 0.2) is 6.10 Å². The summed E-state index contributed by atoms with van der Waals surface area (Å²) >= 11 is 12.7. The summed E-state index contributed by atoms with van der Waals surface area (Å²) < 4.78 is 6.55. The van der Waals surface area contributed by atoms with Gasteiger partial charge in [-0.3, -0.25) is 0 Å². The van der Waals surface area contributed by atoms with Gasteiger partial charge in [0.05, 0.1) is 5.54 Å². The fourth-order valence-electron chi connectivity index (χ4n) is 4.56. The highest BCUT2D eigenvalue weighted by Gasteiger charge is 2.34. The van der Waals surface area contributed by atoms with Crippen molar-refractivity contribution < 1.29 is 4.74 Å². The summed E-state index contributed by atoms with van der Waals surface area (Å²) in [5.74, 6) is 0.831. The van der Waals surface area contributed by atoms with Crippen LogP contribution >= 0.6 is 23.2 Å². The largest absolute Gasteiger partial charge is 0.480 e. The zero-order chi connectivity index (χ0) is 20.3. The topological polar surface area (TPSA) is 21.3 Å². The Bertz CT molecular complexity index is 1180. The van der Waals surface area contributed by atoms with E-state index in [1.165, 1.54) is 11.1 Å². The van der Waals surface area contributed by atoms with Crippen LogP contribution < -0.4 is 10.1 Å². The minimum absolute atomic E-state index is 0.104. The Morgan fingerprint density at radius 1 is 0.931 bits per heavy atom. The van der Waals surface area contributed by atoms with Crippen molar-refractivity contribution >= 4 is 34.5 Å². The fraction of sp³-hybridized carbons (Fsp3) is 0.200. The number of anilines is 1. The molecular formula is C25H21Cl2NO. The third-order valence-electron chi connectivity index (χ3n) is 5.56. The lowest BCUT2D eigenvalue weighted by Gasteiger charge is -2.37. The number of ether oxygens (including phenoxy) is 1. The summed E-state index contributed by atoms with van der Waals surface area (Å²) in [6.07, 6.45) is 2.02. The van der Waals surface area contributed by atoms with Crippen molar-refractivity contribution in [2.24, 2.45) is 0 Å². The quantitative estimate of drug-likeness (QED) is 0.433. The van der Waals surface area contributed by atoms with Gasteiger partial charge in [0.2, 0.25) is 0 Å². The summed E-state index contributed by atoms with van der Waals surface area (Å²) in [7, 11) is 0. The van der Waals surface area contributed by atoms with Gasteiger partial charge in [0.25, 0.3) is 0 Å². The molecule has 1 unspecified atom stereocenters. The third-order valence-corrected chi connectivity index (χ3v) is 6.03. The molecule has 0 aliphatic carbocycles. The highest BCUT2D eigenvalue weighted by molar-refractivity contribution is 6.31. The predicted octanol–water partition coefficient (Wildman–Crippen LogP) is 7.75. The van der Waals surface area contributed by atoms with Crippen molar-refractivity contribution in [2.75, 3.05) is 5.32 Å². The Morgan fingerprint density at radius 2 is 1.72 bits per heavy atom. The normalized spacial score (nSPS) is 18.5. The van der Waals surface area contributed by atoms with E-state index in [0.29, 0.717) is 10.0 Å². The summed E-state index contributed by atoms with van der Waals surface area (Å²) in [4.78, 5) is 0. The first-order valence-electron chi connectivity index (χ1n) is 9.69. The molecule has 1 atom stereocenters. The number of fused-ring (bicyclic) bond motifs is 5. The molecule has 2 nitrogen and oxygen atoms in total. The molecule has 0 spiro atoms. The van der Waals surface area contributed by atoms with Crippen LogP contribution in [0.5, 0.6) is 5.75 Å². The van der Waals surface area contributed by atoms with Gasteiger partial charge in [-0.25, -0.2) is 0 Å². The van der Waals surface area contributed by atoms with E-state index in [-0.39, 0.29) is 11.6 Å². The van der Waals surface area contributed by atoms with E-state index >= 15 is 0 Å². The second-order valence-electron chi connectivity index (χ2n) is 8.32. The van der Waals surface area contributed by atoms with Gasteiger partial charge in [0, 0.05) is 32.4 Å². The summed E-state index contributed by atoms with van der Waals surface area (Å²) in [5, 5.41) is 5.05. The summed E-state index contributed by atoms with van der Waals surface area (Å²) in [6, 6.07) is 18.0. The Balaban J connectivity index is 1.82. The van der Waals surface area contributed by atoms with Crippen molar-refractivity contribution in [3.05, 3.63) is 87.4 Å². The molecule has 2 aliphatic heterocycles. The van der Waals surface area contributed by atoms with Crippen LogP contribution in [-0.4, -0.2) is 5.54 Å². The minimum Gasteiger partial charge on any atom is -0.480 e. The van der Waals surface area contributed by atoms with Crippen molar-refractivity contribution in [1.82, 2.24) is 0 Å². The van der Waals surface area contributed by atoms with Crippen LogP contribution in [0, 0.1) is 0 Å². The van der Waals surface area contributed by atoms with E-state index in [1.807, 2.05) is 36.4 Å². The van der Waals surface area contributed by atoms with Crippen LogP contribution in [0.4, 0.5) is 5.69 Å². The van der Waals surface area contributed by atoms with Gasteiger partial charge in [-0.15, -0.1) is 0 Å². The average molecular weight is 422 g/mol. The molecule has 0 amide bonds. The first-order valence-corrected chi connectivity index (χ1v) is 10.4. The van der Waals surface area contributed by atoms with Gasteiger partial charge in [0.1, 0.15) is 5.75 Å². The van der Waals surface area contributed by atoms with Gasteiger partial charge in [-0.1, -0.05) is 47.5 Å². The highest BCUT2D eigenvalue weighted by Crippen LogP contribution is 2.51. The molecule has 2 heterocycles. The number of nitrogens with one attached hydrogen (secondary N) is 1. The molecular weight excluding hydrogens is 401 g/mol. The molecule has 0 fully saturated rings. The van der Waals surface area contributed by atoms with Gasteiger partial charge in [-0.05, 0) is 73.9 Å². The van der Waals surface area contributed by atoms with Crippen molar-refractivity contribution in [1.29, 1.82) is 0 Å². The van der Waals surface area contributed by atoms with E-state index in [1.54, 1.807) is 0 Å². The first-order chi connectivity index (χ1) is 13.8. The molecule has 0 saturated heterocycles. The minimum atomic E-state index is -0.251. The van der Waals surface area contributed by atoms with E-state index in [9.17, 15) is 0 Å². The van der Waals surface area contributed by atoms with E-state index in [2.05, 4.69) is 50.4 Å². The molecule has 29 heavy (non-hydrogen) atoms. The zero-order valence-corrected chi connectivity index (χ0v) is 18.0. The third kappa shape index (κ3) is 3.11. The van der Waals surface area contributed by atoms with Crippen LogP contribution in [-0.2, 0) is 0 Å². The SMILES string of the molecule is CC1=CC(C)(C)Nc2ccc3c(c21)C(c1cccc(Cl)c1)Oc1ccc(Cl)cc1-3. The van der Waals surface area contributed by atoms with E-state index in [4.69, 9.17) is 27.9 Å². The maximum atomic E-state index is 6.55. The number of halogens is 2. The second kappa shape index (κ2) is 6.55. The smallest absolute Gasteiger partial charge is 0.150 e. The van der Waals surface area contributed by atoms with E-state index in [0.717, 1.165) is 33.7 Å². The summed E-state index contributed by atoms with van der Waals surface area (Å²) in [5.41, 5.74) is 7.79. The number of hydrogen-bond donors (Lipinski definition) is 1. The molecule has 146 valence electrons. The molecule has 0 radical (unpaired) electrons. The number of rotatable bonds is 1. The number of allylic oxidation sites excluding steroid dienone is 1. The van der Waals surface area contributed by atoms with Crippen molar-refractivity contribution in [2.45, 2.75) is 32.4 Å². The van der Waals surface area contributed by atoms with Gasteiger partial charge < -0.3 is 10.1 Å². The molecule has 3 aromatic carbocycles. The average Bonchev–Trinajstić information content (AvgIpc) is 2.65. The van der Waals surface area contributed by atoms with Crippen LogP contribution in [0.15, 0.2) is 60.7 Å². The molecule has 0 bridgehead atoms. The van der Waals surface area contributed by atoms with Crippen LogP contribution in [0.3, 0.4) is 0 Å². The van der Waals surface area contributed by atoms with Gasteiger partial charge in [-0.2, -0.15) is 0 Å². The first kappa shape index (κ1) is 18.6. The Hall–Kier alpha value is -2.42. The molecule has 5 rings (SSSR count). The summed E-state index contributed by atoms with van der Waals surface area (Å²) in [6.45, 7) is 6.53. The molecule has 4 heteroatoms. The lowest BCUT2D eigenvalue weighted by molar-refractivity contribution is 0.243. The Labute approximate surface area is 181 Å². The van der Waals surface area contributed by atoms with Crippen molar-refractivity contribution in [3.63, 3.8) is 0 Å². The predicted molar refractivity (Wildman–Crippen MR) is 122 cm³/mol. The maximum absolute atomic E-state index is 6.55. The molecule has 0 aromatic heterocycles. The Kier molecular flexibility index (Phi) is 4.20. The van der Waals surface area contributed by atoms with Crippen molar-refractivity contribution in [3.8, 4) is 16.9 Å². The maximum Gasteiger partial charge on any atom is 0.150 e. The zero-order valence-electron chi connectivity index (χ0n) is 16.5. The Morgan fingerprint density at radius 3 is 2.52 bits per heavy atom. The highest BCUT2D eigenvalue weighted by atomic mass is 35.5. The standard InChI is InChI=1S/C25H21Cl2NO/c1-14-13-25(2,3)28-20-9-8-18-19-12-17(27)7-10-21(19)29-24(23(18)22(14)20)15-5-4-6-16(26)11-15/h4-13,24,28H,1-3H3. The van der Waals surface area contributed by atoms with Crippen LogP contribution in [0.25, 0.3) is 16.7 Å². The molecule has 1 N–H and O–H groups in total. The fourth-order valence-corrected chi connectivity index (χ4v) is 4.93. The lowest BCUT2D eigenvalue weighted by Crippen LogP contribution is -2.32. The van der Waals surface area contributed by atoms with Crippen LogP contribution in [0.2, 0.25) is 10.0 Å². The van der Waals surface area contributed by atoms with Crippen LogP contribution in [0.1, 0.15) is 43.6 Å².